The molecule has 0 atom stereocenters. The van der Waals surface area contributed by atoms with Crippen LogP contribution in [0, 0.1) is 0 Å². The highest BCUT2D eigenvalue weighted by atomic mass is 16.3. The van der Waals surface area contributed by atoms with Crippen LogP contribution in [0.3, 0.4) is 0 Å². The molecule has 0 unspecified atom stereocenters. The molecule has 4 nitrogen and oxygen atoms in total. The fraction of sp³-hybridized carbons (Fsp3) is 0.500. The normalized spacial score (nSPS) is 17.8. The van der Waals surface area contributed by atoms with Gasteiger partial charge in [0, 0.05) is 17.6 Å². The molecule has 1 saturated carbocycles. The molecule has 0 bridgehead atoms. The first-order chi connectivity index (χ1) is 8.65. The van der Waals surface area contributed by atoms with Crippen molar-refractivity contribution in [2.75, 3.05) is 6.61 Å². The summed E-state index contributed by atoms with van der Waals surface area (Å²) in [4.78, 5) is 11.0. The third-order valence-electron chi connectivity index (χ3n) is 3.77. The summed E-state index contributed by atoms with van der Waals surface area (Å²) in [7, 11) is 0. The third kappa shape index (κ3) is 2.89. The smallest absolute Gasteiger partial charge is 0.248 e. The van der Waals surface area contributed by atoms with Crippen molar-refractivity contribution >= 4 is 5.91 Å². The van der Waals surface area contributed by atoms with Crippen LogP contribution in [0.2, 0.25) is 0 Å². The van der Waals surface area contributed by atoms with E-state index in [0.29, 0.717) is 12.1 Å². The summed E-state index contributed by atoms with van der Waals surface area (Å²) in [5.41, 5.74) is 6.70. The number of benzene rings is 1. The minimum absolute atomic E-state index is 0.109. The van der Waals surface area contributed by atoms with Crippen molar-refractivity contribution in [3.05, 3.63) is 35.4 Å². The first-order valence-electron chi connectivity index (χ1n) is 6.40. The minimum atomic E-state index is -0.405. The van der Waals surface area contributed by atoms with E-state index in [2.05, 4.69) is 5.32 Å². The van der Waals surface area contributed by atoms with E-state index in [9.17, 15) is 9.90 Å². The van der Waals surface area contributed by atoms with Gasteiger partial charge in [0.1, 0.15) is 0 Å². The van der Waals surface area contributed by atoms with Gasteiger partial charge in [0.25, 0.3) is 0 Å². The third-order valence-corrected chi connectivity index (χ3v) is 3.77. The number of amides is 1. The molecule has 0 heterocycles. The van der Waals surface area contributed by atoms with Gasteiger partial charge in [0.05, 0.1) is 6.61 Å². The van der Waals surface area contributed by atoms with E-state index >= 15 is 0 Å². The van der Waals surface area contributed by atoms with Gasteiger partial charge in [-0.05, 0) is 30.5 Å². The fourth-order valence-electron chi connectivity index (χ4n) is 2.52. The molecule has 0 spiro atoms. The first-order valence-corrected chi connectivity index (χ1v) is 6.40. The number of hydrogen-bond acceptors (Lipinski definition) is 3. The average molecular weight is 248 g/mol. The summed E-state index contributed by atoms with van der Waals surface area (Å²) in [5, 5.41) is 12.9. The van der Waals surface area contributed by atoms with Crippen LogP contribution in [0.4, 0.5) is 0 Å². The van der Waals surface area contributed by atoms with E-state index in [-0.39, 0.29) is 12.1 Å². The lowest BCUT2D eigenvalue weighted by molar-refractivity contribution is 0.100. The van der Waals surface area contributed by atoms with E-state index < -0.39 is 5.91 Å². The van der Waals surface area contributed by atoms with Crippen molar-refractivity contribution < 1.29 is 9.90 Å². The average Bonchev–Trinajstić information content (AvgIpc) is 2.86. The molecule has 0 saturated heterocycles. The Balaban J connectivity index is 1.95. The van der Waals surface area contributed by atoms with E-state index in [1.54, 1.807) is 12.1 Å². The number of nitrogens with two attached hydrogens (primary N) is 1. The number of nitrogens with one attached hydrogen (secondary N) is 1. The molecule has 0 aromatic heterocycles. The number of aliphatic hydroxyl groups is 1. The fourth-order valence-corrected chi connectivity index (χ4v) is 2.52. The Bertz CT molecular complexity index is 408. The number of rotatable bonds is 5. The lowest BCUT2D eigenvalue weighted by atomic mass is 9.98. The van der Waals surface area contributed by atoms with Crippen molar-refractivity contribution in [3.8, 4) is 0 Å². The highest BCUT2D eigenvalue weighted by Gasteiger charge is 2.32. The monoisotopic (exact) mass is 248 g/mol. The number of primary amides is 1. The molecule has 2 rings (SSSR count). The van der Waals surface area contributed by atoms with Gasteiger partial charge in [0.15, 0.2) is 0 Å². The zero-order valence-corrected chi connectivity index (χ0v) is 10.5. The van der Waals surface area contributed by atoms with Crippen LogP contribution in [0.15, 0.2) is 24.3 Å². The van der Waals surface area contributed by atoms with Crippen LogP contribution in [0.1, 0.15) is 41.6 Å². The Hall–Kier alpha value is -1.39. The lowest BCUT2D eigenvalue weighted by Crippen LogP contribution is -2.45. The van der Waals surface area contributed by atoms with Crippen LogP contribution < -0.4 is 11.1 Å². The Labute approximate surface area is 107 Å². The van der Waals surface area contributed by atoms with Crippen LogP contribution >= 0.6 is 0 Å². The molecule has 4 N–H and O–H groups in total. The van der Waals surface area contributed by atoms with Gasteiger partial charge in [-0.15, -0.1) is 0 Å². The maximum absolute atomic E-state index is 11.0. The molecule has 1 fully saturated rings. The standard InChI is InChI=1S/C14H20N2O2/c15-13(18)12-5-3-11(4-6-12)9-16-14(10-17)7-1-2-8-14/h3-6,16-17H,1-2,7-10H2,(H2,15,18). The number of hydrogen-bond donors (Lipinski definition) is 3. The minimum Gasteiger partial charge on any atom is -0.394 e. The van der Waals surface area contributed by atoms with E-state index in [1.807, 2.05) is 12.1 Å². The topological polar surface area (TPSA) is 75.4 Å². The summed E-state index contributed by atoms with van der Waals surface area (Å²) < 4.78 is 0. The van der Waals surface area contributed by atoms with Crippen molar-refractivity contribution in [3.63, 3.8) is 0 Å². The Morgan fingerprint density at radius 1 is 1.28 bits per heavy atom. The zero-order valence-electron chi connectivity index (χ0n) is 10.5. The maximum Gasteiger partial charge on any atom is 0.248 e. The summed E-state index contributed by atoms with van der Waals surface area (Å²) in [6.07, 6.45) is 4.41. The number of aliphatic hydroxyl groups excluding tert-OH is 1. The first kappa shape index (κ1) is 13.1. The molecule has 1 aromatic carbocycles. The lowest BCUT2D eigenvalue weighted by Gasteiger charge is -2.28. The molecule has 1 aliphatic carbocycles. The SMILES string of the molecule is NC(=O)c1ccc(CNC2(CO)CCCC2)cc1. The summed E-state index contributed by atoms with van der Waals surface area (Å²) >= 11 is 0. The highest BCUT2D eigenvalue weighted by molar-refractivity contribution is 5.92. The highest BCUT2D eigenvalue weighted by Crippen LogP contribution is 2.29. The molecule has 18 heavy (non-hydrogen) atoms. The molecule has 98 valence electrons. The van der Waals surface area contributed by atoms with Crippen molar-refractivity contribution in [1.82, 2.24) is 5.32 Å². The van der Waals surface area contributed by atoms with Crippen LogP contribution in [0.5, 0.6) is 0 Å². The predicted molar refractivity (Wildman–Crippen MR) is 70.1 cm³/mol. The Kier molecular flexibility index (Phi) is 3.99. The number of carbonyl (C=O) groups is 1. The molecule has 0 aliphatic heterocycles. The molecular formula is C14H20N2O2. The van der Waals surface area contributed by atoms with Gasteiger partial charge < -0.3 is 16.2 Å². The predicted octanol–water partition coefficient (Wildman–Crippen LogP) is 1.18. The molecule has 0 radical (unpaired) electrons. The van der Waals surface area contributed by atoms with Crippen LogP contribution in [0.25, 0.3) is 0 Å². The van der Waals surface area contributed by atoms with Crippen molar-refractivity contribution in [1.29, 1.82) is 0 Å². The summed E-state index contributed by atoms with van der Waals surface area (Å²) in [6.45, 7) is 0.895. The molecule has 1 amide bonds. The van der Waals surface area contributed by atoms with Crippen LogP contribution in [-0.4, -0.2) is 23.2 Å². The quantitative estimate of drug-likeness (QED) is 0.732. The summed E-state index contributed by atoms with van der Waals surface area (Å²) in [5.74, 6) is -0.405. The second kappa shape index (κ2) is 5.50. The van der Waals surface area contributed by atoms with Crippen molar-refractivity contribution in [2.45, 2.75) is 37.8 Å². The second-order valence-electron chi connectivity index (χ2n) is 5.06. The molecule has 1 aromatic rings. The number of carbonyl (C=O) groups excluding carboxylic acids is 1. The Morgan fingerprint density at radius 3 is 2.39 bits per heavy atom. The van der Waals surface area contributed by atoms with E-state index in [1.165, 1.54) is 12.8 Å². The van der Waals surface area contributed by atoms with Gasteiger partial charge in [-0.1, -0.05) is 25.0 Å². The Morgan fingerprint density at radius 2 is 1.89 bits per heavy atom. The van der Waals surface area contributed by atoms with Crippen molar-refractivity contribution in [2.24, 2.45) is 5.73 Å². The van der Waals surface area contributed by atoms with Gasteiger partial charge in [0.2, 0.25) is 5.91 Å². The summed E-state index contributed by atoms with van der Waals surface area (Å²) in [6, 6.07) is 7.26. The van der Waals surface area contributed by atoms with Gasteiger partial charge in [-0.2, -0.15) is 0 Å². The molecule has 4 heteroatoms. The maximum atomic E-state index is 11.0. The zero-order chi connectivity index (χ0) is 13.0. The molecular weight excluding hydrogens is 228 g/mol. The van der Waals surface area contributed by atoms with E-state index in [0.717, 1.165) is 18.4 Å². The largest absolute Gasteiger partial charge is 0.394 e. The van der Waals surface area contributed by atoms with Gasteiger partial charge in [-0.25, -0.2) is 0 Å². The second-order valence-corrected chi connectivity index (χ2v) is 5.06. The van der Waals surface area contributed by atoms with E-state index in [4.69, 9.17) is 5.73 Å². The molecule has 1 aliphatic rings. The van der Waals surface area contributed by atoms with Gasteiger partial charge >= 0.3 is 0 Å². The van der Waals surface area contributed by atoms with Gasteiger partial charge in [-0.3, -0.25) is 4.79 Å². The van der Waals surface area contributed by atoms with Crippen LogP contribution in [-0.2, 0) is 6.54 Å².